The highest BCUT2D eigenvalue weighted by Crippen LogP contribution is 2.51. The summed E-state index contributed by atoms with van der Waals surface area (Å²) in [6, 6.07) is 60.6. The van der Waals surface area contributed by atoms with Crippen molar-refractivity contribution in [3.63, 3.8) is 0 Å². The van der Waals surface area contributed by atoms with Crippen molar-refractivity contribution in [2.24, 2.45) is 0 Å². The largest absolute Gasteiger partial charge is 0.455 e. The molecule has 0 unspecified atom stereocenters. The van der Waals surface area contributed by atoms with Gasteiger partial charge in [0.1, 0.15) is 11.2 Å². The highest BCUT2D eigenvalue weighted by atomic mass is 16.3. The maximum atomic E-state index is 6.68. The summed E-state index contributed by atoms with van der Waals surface area (Å²) in [4.78, 5) is 5.36. The van der Waals surface area contributed by atoms with Crippen LogP contribution in [0.1, 0.15) is 128 Å². The molecule has 394 valence electrons. The zero-order chi connectivity index (χ0) is 55.6. The summed E-state index contributed by atoms with van der Waals surface area (Å²) in [5, 5.41) is 4.84. The van der Waals surface area contributed by atoms with Crippen LogP contribution in [0.3, 0.4) is 0 Å². The topological polar surface area (TPSA) is 24.6 Å². The molecule has 0 fully saturated rings. The number of benzene rings is 9. The van der Waals surface area contributed by atoms with Crippen molar-refractivity contribution in [2.75, 3.05) is 9.80 Å². The number of anilines is 6. The average Bonchev–Trinajstić information content (AvgIpc) is 4.14. The molecule has 79 heavy (non-hydrogen) atoms. The first-order valence-corrected chi connectivity index (χ1v) is 28.6. The molecule has 2 aromatic heterocycles. The van der Waals surface area contributed by atoms with E-state index < -0.39 is 0 Å². The number of para-hydroxylation sites is 3. The van der Waals surface area contributed by atoms with Crippen molar-refractivity contribution >= 4 is 101 Å². The van der Waals surface area contributed by atoms with E-state index in [1.54, 1.807) is 0 Å². The van der Waals surface area contributed by atoms with Gasteiger partial charge in [0.25, 0.3) is 6.71 Å². The Kier molecular flexibility index (Phi) is 11.2. The first-order chi connectivity index (χ1) is 37.4. The smallest absolute Gasteiger partial charge is 0.252 e. The normalized spacial score (nSPS) is 13.7. The fraction of sp³-hybridized carbons (Fsp3) is 0.270. The maximum Gasteiger partial charge on any atom is 0.252 e. The van der Waals surface area contributed by atoms with Crippen LogP contribution in [0.25, 0.3) is 60.6 Å². The molecule has 0 saturated heterocycles. The van der Waals surface area contributed by atoms with E-state index in [0.29, 0.717) is 0 Å². The van der Waals surface area contributed by atoms with Crippen LogP contribution in [-0.4, -0.2) is 11.3 Å². The average molecular weight is 1030 g/mol. The van der Waals surface area contributed by atoms with Crippen molar-refractivity contribution in [3.8, 4) is 16.8 Å². The highest BCUT2D eigenvalue weighted by molar-refractivity contribution is 7.00. The van der Waals surface area contributed by atoms with Gasteiger partial charge in [-0.05, 0) is 183 Å². The van der Waals surface area contributed by atoms with Gasteiger partial charge in [-0.15, -0.1) is 0 Å². The molecule has 2 aliphatic rings. The predicted octanol–water partition coefficient (Wildman–Crippen LogP) is 18.9. The number of hydrogen-bond acceptors (Lipinski definition) is 3. The molecule has 4 heterocycles. The summed E-state index contributed by atoms with van der Waals surface area (Å²) < 4.78 is 9.20. The van der Waals surface area contributed by atoms with Gasteiger partial charge in [-0.3, -0.25) is 0 Å². The van der Waals surface area contributed by atoms with Crippen LogP contribution in [0.5, 0.6) is 0 Å². The molecule has 0 bridgehead atoms. The molecule has 2 aliphatic heterocycles. The van der Waals surface area contributed by atoms with Crippen molar-refractivity contribution in [2.45, 2.75) is 132 Å². The summed E-state index contributed by atoms with van der Waals surface area (Å²) in [5.74, 6) is 0. The number of fused-ring (bicyclic) bond motifs is 10. The van der Waals surface area contributed by atoms with Crippen molar-refractivity contribution in [1.29, 1.82) is 0 Å². The number of rotatable bonds is 4. The van der Waals surface area contributed by atoms with Gasteiger partial charge in [-0.1, -0.05) is 174 Å². The Labute approximate surface area is 468 Å². The minimum absolute atomic E-state index is 0.0150. The summed E-state index contributed by atoms with van der Waals surface area (Å²) >= 11 is 0. The molecule has 0 saturated carbocycles. The third-order valence-electron chi connectivity index (χ3n) is 17.6. The molecule has 0 N–H and O–H groups in total. The lowest BCUT2D eigenvalue weighted by atomic mass is 9.33. The lowest BCUT2D eigenvalue weighted by Crippen LogP contribution is -2.61. The number of nitrogens with zero attached hydrogens (tertiary/aromatic N) is 3. The molecular weight excluding hydrogens is 958 g/mol. The second kappa shape index (κ2) is 17.4. The fourth-order valence-corrected chi connectivity index (χ4v) is 13.4. The molecule has 0 aliphatic carbocycles. The predicted molar refractivity (Wildman–Crippen MR) is 341 cm³/mol. The van der Waals surface area contributed by atoms with Crippen molar-refractivity contribution in [1.82, 2.24) is 4.57 Å². The fourth-order valence-electron chi connectivity index (χ4n) is 13.4. The lowest BCUT2D eigenvalue weighted by Gasteiger charge is -2.46. The van der Waals surface area contributed by atoms with Crippen molar-refractivity contribution in [3.05, 3.63) is 202 Å². The quantitative estimate of drug-likeness (QED) is 0.164. The van der Waals surface area contributed by atoms with Gasteiger partial charge in [-0.25, -0.2) is 0 Å². The summed E-state index contributed by atoms with van der Waals surface area (Å²) in [7, 11) is 0. The van der Waals surface area contributed by atoms with E-state index in [-0.39, 0.29) is 28.4 Å². The SMILES string of the molecule is Cc1cc(-c2cccc3c2oc2ccccc23)cc(C)c1N1c2cc(C(C)(C)C)ccc2B2c3cc4c5cc(C(C)(C)C)ccc5n(-c5ccccc5)c4cc3N(c3c(C)cc(C(C)(C)C)cc3C)c3cc(C(C)(C)C)cc1c32. The van der Waals surface area contributed by atoms with E-state index in [4.69, 9.17) is 4.42 Å². The Morgan fingerprint density at radius 3 is 1.51 bits per heavy atom. The van der Waals surface area contributed by atoms with Gasteiger partial charge in [0.2, 0.25) is 0 Å². The molecule has 5 heteroatoms. The molecule has 4 nitrogen and oxygen atoms in total. The first kappa shape index (κ1) is 50.7. The van der Waals surface area contributed by atoms with Crippen LogP contribution in [-0.2, 0) is 21.7 Å². The number of furan rings is 1. The molecular formula is C74H74BN3O. The van der Waals surface area contributed by atoms with Crippen LogP contribution < -0.4 is 26.2 Å². The van der Waals surface area contributed by atoms with Crippen LogP contribution in [0.2, 0.25) is 0 Å². The molecule has 0 spiro atoms. The van der Waals surface area contributed by atoms with Crippen LogP contribution in [0, 0.1) is 27.7 Å². The van der Waals surface area contributed by atoms with E-state index in [1.807, 2.05) is 0 Å². The molecule has 0 atom stereocenters. The molecule has 13 rings (SSSR count). The van der Waals surface area contributed by atoms with Gasteiger partial charge in [0.15, 0.2) is 0 Å². The minimum Gasteiger partial charge on any atom is -0.455 e. The van der Waals surface area contributed by atoms with Crippen LogP contribution >= 0.6 is 0 Å². The summed E-state index contributed by atoms with van der Waals surface area (Å²) in [6.45, 7) is 37.4. The van der Waals surface area contributed by atoms with Crippen LogP contribution in [0.4, 0.5) is 34.1 Å². The number of hydrogen-bond donors (Lipinski definition) is 0. The number of aromatic nitrogens is 1. The van der Waals surface area contributed by atoms with E-state index in [9.17, 15) is 0 Å². The Morgan fingerprint density at radius 2 is 0.886 bits per heavy atom. The van der Waals surface area contributed by atoms with Crippen LogP contribution in [0.15, 0.2) is 162 Å². The van der Waals surface area contributed by atoms with Gasteiger partial charge in [0, 0.05) is 55.5 Å². The first-order valence-electron chi connectivity index (χ1n) is 28.6. The summed E-state index contributed by atoms with van der Waals surface area (Å²) in [6.07, 6.45) is 0. The van der Waals surface area contributed by atoms with E-state index in [0.717, 1.165) is 38.8 Å². The van der Waals surface area contributed by atoms with E-state index in [1.165, 1.54) is 117 Å². The molecule has 9 aromatic carbocycles. The standard InChI is InChI=1S/C74H74BN3O/c1-43-33-47(53-26-22-27-55-54-25-20-21-28-66(54)79-70(53)55)34-44(2)68(43)77-62-38-49(72(8,9)10)29-31-58(62)75-59-41-57-56-37-48(71(5,6)7)30-32-60(56)76(52-23-18-17-19-24-52)61(57)42-63(59)78(65-40-51(74(14,15)16)39-64(77)67(65)75)69-45(3)35-50(36-46(69)4)73(11,12)13/h17-42H,1-16H3. The second-order valence-corrected chi connectivity index (χ2v) is 27.3. The lowest BCUT2D eigenvalue weighted by molar-refractivity contribution is 0.589. The zero-order valence-electron chi connectivity index (χ0n) is 49.3. The third kappa shape index (κ3) is 7.92. The highest BCUT2D eigenvalue weighted by Gasteiger charge is 2.46. The Balaban J connectivity index is 1.16. The Morgan fingerprint density at radius 1 is 0.380 bits per heavy atom. The van der Waals surface area contributed by atoms with Gasteiger partial charge >= 0.3 is 0 Å². The third-order valence-corrected chi connectivity index (χ3v) is 17.6. The minimum atomic E-state index is -0.181. The second-order valence-electron chi connectivity index (χ2n) is 27.3. The van der Waals surface area contributed by atoms with E-state index >= 15 is 0 Å². The molecule has 11 aromatic rings. The monoisotopic (exact) mass is 1030 g/mol. The summed E-state index contributed by atoms with van der Waals surface area (Å²) in [5.41, 5.74) is 29.0. The molecule has 0 radical (unpaired) electrons. The zero-order valence-corrected chi connectivity index (χ0v) is 49.3. The van der Waals surface area contributed by atoms with Gasteiger partial charge in [-0.2, -0.15) is 0 Å². The Hall–Kier alpha value is -7.76. The maximum absolute atomic E-state index is 6.68. The van der Waals surface area contributed by atoms with Gasteiger partial charge in [0.05, 0.1) is 22.4 Å². The number of aryl methyl sites for hydroxylation is 4. The molecule has 0 amide bonds. The Bertz CT molecular complexity index is 4300. The van der Waals surface area contributed by atoms with Crippen molar-refractivity contribution < 1.29 is 4.42 Å². The van der Waals surface area contributed by atoms with E-state index in [2.05, 4.69) is 283 Å². The van der Waals surface area contributed by atoms with Gasteiger partial charge < -0.3 is 18.8 Å².